The number of nitrogens with zero attached hydrogens (tertiary/aromatic N) is 2. The molecular formula is C13H21N3O. The Labute approximate surface area is 102 Å². The maximum absolute atomic E-state index is 9.57. The second-order valence-electron chi connectivity index (χ2n) is 4.97. The number of pyridine rings is 1. The van der Waals surface area contributed by atoms with E-state index in [1.54, 1.807) is 0 Å². The molecule has 1 aromatic rings. The summed E-state index contributed by atoms with van der Waals surface area (Å²) in [4.78, 5) is 6.66. The standard InChI is InChI=1S/C13H21N3O/c1-9(14)11-3-4-13(15-7-11)16-6-5-12(8-16)10(2)17/h3-4,7,9-10,12,17H,5-6,8,14H2,1-2H3/t9-,10?,12?/m0/s1. The molecule has 2 rings (SSSR count). The van der Waals surface area contributed by atoms with Crippen LogP contribution < -0.4 is 10.6 Å². The minimum atomic E-state index is -0.233. The van der Waals surface area contributed by atoms with Crippen molar-refractivity contribution in [3.8, 4) is 0 Å². The van der Waals surface area contributed by atoms with Gasteiger partial charge in [-0.15, -0.1) is 0 Å². The molecule has 1 aromatic heterocycles. The molecule has 2 unspecified atom stereocenters. The van der Waals surface area contributed by atoms with Crippen molar-refractivity contribution in [3.63, 3.8) is 0 Å². The predicted molar refractivity (Wildman–Crippen MR) is 68.8 cm³/mol. The number of aromatic nitrogens is 1. The van der Waals surface area contributed by atoms with Crippen molar-refractivity contribution in [1.29, 1.82) is 0 Å². The maximum atomic E-state index is 9.57. The van der Waals surface area contributed by atoms with Crippen LogP contribution in [0.15, 0.2) is 18.3 Å². The van der Waals surface area contributed by atoms with Crippen LogP contribution in [0.4, 0.5) is 5.82 Å². The summed E-state index contributed by atoms with van der Waals surface area (Å²) in [5.74, 6) is 1.35. The summed E-state index contributed by atoms with van der Waals surface area (Å²) in [6.07, 6.45) is 2.65. The molecule has 0 aliphatic carbocycles. The van der Waals surface area contributed by atoms with Gasteiger partial charge in [0.1, 0.15) is 5.82 Å². The summed E-state index contributed by atoms with van der Waals surface area (Å²) in [5, 5.41) is 9.57. The van der Waals surface area contributed by atoms with E-state index in [0.29, 0.717) is 5.92 Å². The van der Waals surface area contributed by atoms with Gasteiger partial charge in [-0.25, -0.2) is 4.98 Å². The summed E-state index contributed by atoms with van der Waals surface area (Å²) >= 11 is 0. The van der Waals surface area contributed by atoms with E-state index in [1.165, 1.54) is 0 Å². The van der Waals surface area contributed by atoms with Gasteiger partial charge in [0.2, 0.25) is 0 Å². The predicted octanol–water partition coefficient (Wildman–Crippen LogP) is 1.31. The van der Waals surface area contributed by atoms with Crippen LogP contribution in [0.5, 0.6) is 0 Å². The van der Waals surface area contributed by atoms with Crippen molar-refractivity contribution < 1.29 is 5.11 Å². The van der Waals surface area contributed by atoms with Crippen LogP contribution in [-0.2, 0) is 0 Å². The van der Waals surface area contributed by atoms with Crippen LogP contribution in [0.3, 0.4) is 0 Å². The Kier molecular flexibility index (Phi) is 3.64. The Morgan fingerprint density at radius 3 is 2.71 bits per heavy atom. The minimum Gasteiger partial charge on any atom is -0.393 e. The molecule has 1 aliphatic rings. The second kappa shape index (κ2) is 5.02. The van der Waals surface area contributed by atoms with Crippen molar-refractivity contribution in [3.05, 3.63) is 23.9 Å². The lowest BCUT2D eigenvalue weighted by Crippen LogP contribution is -2.24. The van der Waals surface area contributed by atoms with Crippen LogP contribution in [0, 0.1) is 5.92 Å². The molecule has 4 heteroatoms. The molecule has 0 bridgehead atoms. The van der Waals surface area contributed by atoms with Gasteiger partial charge in [-0.3, -0.25) is 0 Å². The van der Waals surface area contributed by atoms with Gasteiger partial charge in [0.05, 0.1) is 6.10 Å². The minimum absolute atomic E-state index is 0.0281. The first kappa shape index (κ1) is 12.3. The van der Waals surface area contributed by atoms with E-state index in [-0.39, 0.29) is 12.1 Å². The Morgan fingerprint density at radius 2 is 2.24 bits per heavy atom. The molecule has 94 valence electrons. The van der Waals surface area contributed by atoms with E-state index in [2.05, 4.69) is 9.88 Å². The van der Waals surface area contributed by atoms with Gasteiger partial charge < -0.3 is 15.7 Å². The molecule has 0 saturated carbocycles. The topological polar surface area (TPSA) is 62.4 Å². The largest absolute Gasteiger partial charge is 0.393 e. The molecule has 1 fully saturated rings. The van der Waals surface area contributed by atoms with Crippen molar-refractivity contribution in [2.45, 2.75) is 32.4 Å². The highest BCUT2D eigenvalue weighted by molar-refractivity contribution is 5.41. The first-order valence-electron chi connectivity index (χ1n) is 6.22. The van der Waals surface area contributed by atoms with E-state index >= 15 is 0 Å². The lowest BCUT2D eigenvalue weighted by Gasteiger charge is -2.19. The Bertz CT molecular complexity index is 361. The van der Waals surface area contributed by atoms with Gasteiger partial charge in [0.15, 0.2) is 0 Å². The third kappa shape index (κ3) is 2.76. The lowest BCUT2D eigenvalue weighted by molar-refractivity contribution is 0.136. The second-order valence-corrected chi connectivity index (χ2v) is 4.97. The summed E-state index contributed by atoms with van der Waals surface area (Å²) in [6.45, 7) is 5.68. The van der Waals surface area contributed by atoms with E-state index in [1.807, 2.05) is 32.2 Å². The van der Waals surface area contributed by atoms with Gasteiger partial charge >= 0.3 is 0 Å². The zero-order valence-corrected chi connectivity index (χ0v) is 10.5. The van der Waals surface area contributed by atoms with E-state index in [9.17, 15) is 5.11 Å². The van der Waals surface area contributed by atoms with Crippen molar-refractivity contribution in [2.24, 2.45) is 11.7 Å². The number of rotatable bonds is 3. The van der Waals surface area contributed by atoms with Crippen LogP contribution in [0.1, 0.15) is 31.9 Å². The highest BCUT2D eigenvalue weighted by Gasteiger charge is 2.26. The van der Waals surface area contributed by atoms with Crippen LogP contribution in [0.2, 0.25) is 0 Å². The first-order chi connectivity index (χ1) is 8.08. The van der Waals surface area contributed by atoms with Gasteiger partial charge in [-0.2, -0.15) is 0 Å². The molecule has 3 atom stereocenters. The number of aliphatic hydroxyl groups is 1. The molecule has 0 aromatic carbocycles. The van der Waals surface area contributed by atoms with Crippen LogP contribution >= 0.6 is 0 Å². The molecule has 0 spiro atoms. The normalized spacial score (nSPS) is 23.8. The Hall–Kier alpha value is -1.13. The molecule has 3 N–H and O–H groups in total. The number of hydrogen-bond donors (Lipinski definition) is 2. The van der Waals surface area contributed by atoms with E-state index in [0.717, 1.165) is 30.9 Å². The average molecular weight is 235 g/mol. The van der Waals surface area contributed by atoms with Gasteiger partial charge in [-0.05, 0) is 31.9 Å². The zero-order valence-electron chi connectivity index (χ0n) is 10.5. The fourth-order valence-electron chi connectivity index (χ4n) is 2.24. The molecule has 2 heterocycles. The van der Waals surface area contributed by atoms with Gasteiger partial charge in [-0.1, -0.05) is 6.07 Å². The Balaban J connectivity index is 2.04. The lowest BCUT2D eigenvalue weighted by atomic mass is 10.0. The summed E-state index contributed by atoms with van der Waals surface area (Å²) in [5.41, 5.74) is 6.85. The third-order valence-corrected chi connectivity index (χ3v) is 3.53. The molecule has 0 radical (unpaired) electrons. The summed E-state index contributed by atoms with van der Waals surface area (Å²) in [6, 6.07) is 4.08. The SMILES string of the molecule is CC(O)C1CCN(c2ccc([C@H](C)N)cn2)C1. The number of nitrogens with two attached hydrogens (primary N) is 1. The van der Waals surface area contributed by atoms with Crippen LogP contribution in [-0.4, -0.2) is 29.3 Å². The number of anilines is 1. The molecule has 0 amide bonds. The summed E-state index contributed by atoms with van der Waals surface area (Å²) < 4.78 is 0. The fourth-order valence-corrected chi connectivity index (χ4v) is 2.24. The van der Waals surface area contributed by atoms with Gasteiger partial charge in [0.25, 0.3) is 0 Å². The number of hydrogen-bond acceptors (Lipinski definition) is 4. The smallest absolute Gasteiger partial charge is 0.128 e. The molecular weight excluding hydrogens is 214 g/mol. The van der Waals surface area contributed by atoms with Crippen molar-refractivity contribution in [1.82, 2.24) is 4.98 Å². The zero-order chi connectivity index (χ0) is 12.4. The molecule has 17 heavy (non-hydrogen) atoms. The van der Waals surface area contributed by atoms with E-state index < -0.39 is 0 Å². The fraction of sp³-hybridized carbons (Fsp3) is 0.615. The molecule has 4 nitrogen and oxygen atoms in total. The van der Waals surface area contributed by atoms with Gasteiger partial charge in [0, 0.05) is 31.2 Å². The average Bonchev–Trinajstić information content (AvgIpc) is 2.78. The molecule has 1 saturated heterocycles. The monoisotopic (exact) mass is 235 g/mol. The Morgan fingerprint density at radius 1 is 1.47 bits per heavy atom. The van der Waals surface area contributed by atoms with E-state index in [4.69, 9.17) is 5.73 Å². The summed E-state index contributed by atoms with van der Waals surface area (Å²) in [7, 11) is 0. The quantitative estimate of drug-likeness (QED) is 0.829. The van der Waals surface area contributed by atoms with Crippen molar-refractivity contribution >= 4 is 5.82 Å². The highest BCUT2D eigenvalue weighted by atomic mass is 16.3. The maximum Gasteiger partial charge on any atom is 0.128 e. The third-order valence-electron chi connectivity index (χ3n) is 3.53. The molecule has 1 aliphatic heterocycles. The number of aliphatic hydroxyl groups excluding tert-OH is 1. The van der Waals surface area contributed by atoms with Crippen molar-refractivity contribution in [2.75, 3.05) is 18.0 Å². The van der Waals surface area contributed by atoms with Crippen LogP contribution in [0.25, 0.3) is 0 Å². The first-order valence-corrected chi connectivity index (χ1v) is 6.22. The highest BCUT2D eigenvalue weighted by Crippen LogP contribution is 2.24.